The molecule has 0 N–H and O–H groups in total. The molecule has 1 aliphatic rings. The smallest absolute Gasteiger partial charge is 0.163 e. The molecule has 0 radical (unpaired) electrons. The minimum atomic E-state index is 0.254. The molecule has 0 amide bonds. The Morgan fingerprint density at radius 3 is 2.79 bits per heavy atom. The number of aryl methyl sites for hydroxylation is 1. The van der Waals surface area contributed by atoms with E-state index in [9.17, 15) is 4.79 Å². The van der Waals surface area contributed by atoms with Crippen LogP contribution in [-0.4, -0.2) is 5.78 Å². The van der Waals surface area contributed by atoms with Crippen molar-refractivity contribution in [2.45, 2.75) is 25.7 Å². The van der Waals surface area contributed by atoms with E-state index in [2.05, 4.69) is 40.2 Å². The van der Waals surface area contributed by atoms with Crippen LogP contribution in [0.5, 0.6) is 0 Å². The second kappa shape index (κ2) is 4.93. The van der Waals surface area contributed by atoms with Gasteiger partial charge in [0.15, 0.2) is 5.78 Å². The number of carbonyl (C=O) groups excluding carboxylic acids is 1. The third-order valence-corrected chi connectivity index (χ3v) is 4.38. The third-order valence-electron chi connectivity index (χ3n) is 3.88. The Morgan fingerprint density at radius 2 is 2.05 bits per heavy atom. The number of rotatable bonds is 3. The number of Topliss-reactive ketones (excluding diaryl/α,β-unsaturated/α-hetero) is 1. The van der Waals surface area contributed by atoms with Crippen LogP contribution in [-0.2, 0) is 6.42 Å². The van der Waals surface area contributed by atoms with E-state index >= 15 is 0 Å². The first kappa shape index (κ1) is 12.6. The number of halogens is 1. The molecule has 0 heterocycles. The number of carbonyl (C=O) groups is 1. The molecule has 19 heavy (non-hydrogen) atoms. The molecule has 2 heteroatoms. The molecule has 96 valence electrons. The molecule has 0 saturated carbocycles. The highest BCUT2D eigenvalue weighted by atomic mass is 79.9. The van der Waals surface area contributed by atoms with Gasteiger partial charge in [0.2, 0.25) is 0 Å². The van der Waals surface area contributed by atoms with E-state index < -0.39 is 0 Å². The van der Waals surface area contributed by atoms with Gasteiger partial charge in [-0.2, -0.15) is 0 Å². The topological polar surface area (TPSA) is 17.1 Å². The molecule has 2 aromatic carbocycles. The molecule has 0 aliphatic heterocycles. The molecule has 0 fully saturated rings. The van der Waals surface area contributed by atoms with Crippen molar-refractivity contribution in [3.63, 3.8) is 0 Å². The first-order valence-corrected chi connectivity index (χ1v) is 7.31. The molecular formula is C17H15BrO. The maximum Gasteiger partial charge on any atom is 0.163 e. The van der Waals surface area contributed by atoms with Gasteiger partial charge in [-0.25, -0.2) is 0 Å². The normalized spacial score (nSPS) is 16.6. The van der Waals surface area contributed by atoms with Crippen molar-refractivity contribution in [2.24, 2.45) is 0 Å². The molecule has 1 nitrogen and oxygen atoms in total. The average molecular weight is 315 g/mol. The zero-order valence-corrected chi connectivity index (χ0v) is 12.4. The minimum absolute atomic E-state index is 0.254. The van der Waals surface area contributed by atoms with E-state index in [1.54, 1.807) is 0 Å². The lowest BCUT2D eigenvalue weighted by Crippen LogP contribution is -2.20. The van der Waals surface area contributed by atoms with Gasteiger partial charge in [-0.05, 0) is 48.1 Å². The zero-order chi connectivity index (χ0) is 13.4. The van der Waals surface area contributed by atoms with Crippen LogP contribution in [0.2, 0.25) is 0 Å². The fraction of sp³-hybridized carbons (Fsp3) is 0.235. The van der Waals surface area contributed by atoms with E-state index in [1.165, 1.54) is 11.1 Å². The molecule has 0 aromatic heterocycles. The monoisotopic (exact) mass is 314 g/mol. The quantitative estimate of drug-likeness (QED) is 0.752. The van der Waals surface area contributed by atoms with Gasteiger partial charge < -0.3 is 0 Å². The number of hydrogen-bond donors (Lipinski definition) is 0. The molecule has 0 bridgehead atoms. The van der Waals surface area contributed by atoms with Crippen LogP contribution in [0.3, 0.4) is 0 Å². The van der Waals surface area contributed by atoms with Gasteiger partial charge in [-0.15, -0.1) is 0 Å². The van der Waals surface area contributed by atoms with Crippen molar-refractivity contribution < 1.29 is 4.79 Å². The van der Waals surface area contributed by atoms with Crippen molar-refractivity contribution in [1.29, 1.82) is 0 Å². The molecule has 2 aromatic rings. The summed E-state index contributed by atoms with van der Waals surface area (Å²) in [6.07, 6.45) is 1.66. The van der Waals surface area contributed by atoms with Crippen LogP contribution < -0.4 is 0 Å². The Bertz CT molecular complexity index is 645. The molecule has 1 atom stereocenters. The van der Waals surface area contributed by atoms with E-state index in [-0.39, 0.29) is 5.78 Å². The summed E-state index contributed by atoms with van der Waals surface area (Å²) in [5.41, 5.74) is 4.65. The minimum Gasteiger partial charge on any atom is -0.294 e. The van der Waals surface area contributed by atoms with Crippen LogP contribution in [0.15, 0.2) is 46.9 Å². The Hall–Kier alpha value is -1.41. The summed E-state index contributed by atoms with van der Waals surface area (Å²) in [6, 6.07) is 14.3. The standard InChI is InChI=1S/C17H15BrO/c1-11-8-14(18)6-7-15(11)17(19)10-13-9-12-4-2-3-5-16(12)13/h2-8,13H,9-10H2,1H3. The fourth-order valence-electron chi connectivity index (χ4n) is 2.82. The lowest BCUT2D eigenvalue weighted by Gasteiger charge is -2.29. The maximum atomic E-state index is 12.4. The Balaban J connectivity index is 1.77. The van der Waals surface area contributed by atoms with Crippen molar-refractivity contribution in [3.8, 4) is 0 Å². The van der Waals surface area contributed by atoms with Crippen LogP contribution in [0.4, 0.5) is 0 Å². The van der Waals surface area contributed by atoms with Gasteiger partial charge >= 0.3 is 0 Å². The second-order valence-electron chi connectivity index (χ2n) is 5.19. The highest BCUT2D eigenvalue weighted by molar-refractivity contribution is 9.10. The summed E-state index contributed by atoms with van der Waals surface area (Å²) in [5.74, 6) is 0.663. The zero-order valence-electron chi connectivity index (χ0n) is 10.8. The highest BCUT2D eigenvalue weighted by Gasteiger charge is 2.28. The van der Waals surface area contributed by atoms with E-state index in [0.29, 0.717) is 12.3 Å². The lowest BCUT2D eigenvalue weighted by atomic mass is 9.74. The second-order valence-corrected chi connectivity index (χ2v) is 6.10. The van der Waals surface area contributed by atoms with Crippen molar-refractivity contribution in [2.75, 3.05) is 0 Å². The number of fused-ring (bicyclic) bond motifs is 1. The first-order valence-electron chi connectivity index (χ1n) is 6.52. The van der Waals surface area contributed by atoms with Crippen molar-refractivity contribution in [1.82, 2.24) is 0 Å². The van der Waals surface area contributed by atoms with Crippen LogP contribution in [0, 0.1) is 6.92 Å². The molecule has 1 aliphatic carbocycles. The van der Waals surface area contributed by atoms with Crippen LogP contribution in [0.1, 0.15) is 39.4 Å². The summed E-state index contributed by atoms with van der Waals surface area (Å²) in [6.45, 7) is 1.99. The summed E-state index contributed by atoms with van der Waals surface area (Å²) in [7, 11) is 0. The molecule has 0 spiro atoms. The Labute approximate surface area is 121 Å². The van der Waals surface area contributed by atoms with E-state index in [1.807, 2.05) is 25.1 Å². The van der Waals surface area contributed by atoms with Gasteiger partial charge in [0.1, 0.15) is 0 Å². The predicted molar refractivity (Wildman–Crippen MR) is 80.7 cm³/mol. The van der Waals surface area contributed by atoms with Crippen LogP contribution in [0.25, 0.3) is 0 Å². The van der Waals surface area contributed by atoms with Gasteiger partial charge in [0.25, 0.3) is 0 Å². The summed E-state index contributed by atoms with van der Waals surface area (Å²) >= 11 is 3.43. The number of hydrogen-bond acceptors (Lipinski definition) is 1. The number of benzene rings is 2. The molecule has 3 rings (SSSR count). The molecule has 0 saturated heterocycles. The largest absolute Gasteiger partial charge is 0.294 e. The molecular weight excluding hydrogens is 300 g/mol. The highest BCUT2D eigenvalue weighted by Crippen LogP contribution is 2.38. The lowest BCUT2D eigenvalue weighted by molar-refractivity contribution is 0.0970. The van der Waals surface area contributed by atoms with Crippen molar-refractivity contribution >= 4 is 21.7 Å². The number of ketones is 1. The van der Waals surface area contributed by atoms with Crippen LogP contribution >= 0.6 is 15.9 Å². The fourth-order valence-corrected chi connectivity index (χ4v) is 3.29. The molecule has 1 unspecified atom stereocenters. The van der Waals surface area contributed by atoms with Gasteiger partial charge in [0, 0.05) is 16.5 Å². The van der Waals surface area contributed by atoms with E-state index in [0.717, 1.165) is 22.0 Å². The van der Waals surface area contributed by atoms with Gasteiger partial charge in [0.05, 0.1) is 0 Å². The van der Waals surface area contributed by atoms with Crippen molar-refractivity contribution in [3.05, 3.63) is 69.2 Å². The summed E-state index contributed by atoms with van der Waals surface area (Å²) < 4.78 is 1.02. The Kier molecular flexibility index (Phi) is 3.28. The average Bonchev–Trinajstić information content (AvgIpc) is 2.35. The predicted octanol–water partition coefficient (Wildman–Crippen LogP) is 4.67. The SMILES string of the molecule is Cc1cc(Br)ccc1C(=O)CC1Cc2ccccc21. The van der Waals surface area contributed by atoms with Gasteiger partial charge in [-0.3, -0.25) is 4.79 Å². The van der Waals surface area contributed by atoms with Gasteiger partial charge in [-0.1, -0.05) is 46.3 Å². The summed E-state index contributed by atoms with van der Waals surface area (Å²) in [4.78, 5) is 12.4. The Morgan fingerprint density at radius 1 is 1.26 bits per heavy atom. The van der Waals surface area contributed by atoms with E-state index in [4.69, 9.17) is 0 Å². The maximum absolute atomic E-state index is 12.4. The summed E-state index contributed by atoms with van der Waals surface area (Å²) in [5, 5.41) is 0. The third kappa shape index (κ3) is 2.37. The first-order chi connectivity index (χ1) is 9.15.